The largest absolute Gasteiger partial charge is 0.449 e. The molecule has 6 heteroatoms. The Morgan fingerprint density at radius 3 is 2.62 bits per heavy atom. The maximum Gasteiger partial charge on any atom is 0.339 e. The summed E-state index contributed by atoms with van der Waals surface area (Å²) in [5.41, 5.74) is 1.87. The lowest BCUT2D eigenvalue weighted by molar-refractivity contribution is -0.123. The predicted molar refractivity (Wildman–Crippen MR) is 99.3 cm³/mol. The van der Waals surface area contributed by atoms with Gasteiger partial charge >= 0.3 is 5.97 Å². The zero-order chi connectivity index (χ0) is 18.7. The molecule has 0 radical (unpaired) electrons. The second-order valence-electron chi connectivity index (χ2n) is 6.00. The van der Waals surface area contributed by atoms with Gasteiger partial charge in [-0.1, -0.05) is 30.3 Å². The molecule has 0 aliphatic heterocycles. The second-order valence-corrected chi connectivity index (χ2v) is 6.00. The Hall–Kier alpha value is -3.41. The van der Waals surface area contributed by atoms with E-state index in [9.17, 15) is 14.4 Å². The quantitative estimate of drug-likeness (QED) is 0.708. The number of pyridine rings is 1. The van der Waals surface area contributed by atoms with Crippen LogP contribution in [0.5, 0.6) is 0 Å². The predicted octanol–water partition coefficient (Wildman–Crippen LogP) is 3.02. The molecule has 1 heterocycles. The summed E-state index contributed by atoms with van der Waals surface area (Å²) in [5, 5.41) is 3.26. The van der Waals surface area contributed by atoms with E-state index in [1.165, 1.54) is 13.0 Å². The number of rotatable bonds is 4. The first-order valence-electron chi connectivity index (χ1n) is 8.14. The molecule has 1 atom stereocenters. The number of carbonyl (C=O) groups is 2. The first-order valence-corrected chi connectivity index (χ1v) is 8.14. The van der Waals surface area contributed by atoms with Crippen molar-refractivity contribution < 1.29 is 14.3 Å². The van der Waals surface area contributed by atoms with Crippen molar-refractivity contribution in [1.29, 1.82) is 0 Å². The van der Waals surface area contributed by atoms with Crippen LogP contribution < -0.4 is 10.9 Å². The number of para-hydroxylation sites is 1. The molecule has 0 saturated heterocycles. The van der Waals surface area contributed by atoms with Crippen LogP contribution in [0, 0.1) is 6.92 Å². The summed E-state index contributed by atoms with van der Waals surface area (Å²) < 4.78 is 5.26. The number of aryl methyl sites for hydroxylation is 1. The number of fused-ring (bicyclic) bond motifs is 1. The van der Waals surface area contributed by atoms with Crippen molar-refractivity contribution in [2.45, 2.75) is 20.0 Å². The number of aromatic nitrogens is 1. The van der Waals surface area contributed by atoms with E-state index in [2.05, 4.69) is 10.3 Å². The molecule has 0 unspecified atom stereocenters. The van der Waals surface area contributed by atoms with Gasteiger partial charge in [0.15, 0.2) is 6.10 Å². The summed E-state index contributed by atoms with van der Waals surface area (Å²) in [4.78, 5) is 39.2. The number of anilines is 1. The van der Waals surface area contributed by atoms with Crippen LogP contribution >= 0.6 is 0 Å². The Balaban J connectivity index is 1.77. The molecular formula is C20H18N2O4. The third-order valence-electron chi connectivity index (χ3n) is 3.91. The van der Waals surface area contributed by atoms with E-state index < -0.39 is 23.5 Å². The average Bonchev–Trinajstić information content (AvgIpc) is 2.60. The zero-order valence-corrected chi connectivity index (χ0v) is 14.4. The fourth-order valence-corrected chi connectivity index (χ4v) is 2.62. The molecule has 0 fully saturated rings. The number of hydrogen-bond acceptors (Lipinski definition) is 4. The molecule has 3 rings (SSSR count). The van der Waals surface area contributed by atoms with Gasteiger partial charge in [0.2, 0.25) is 5.56 Å². The minimum atomic E-state index is -1.01. The average molecular weight is 350 g/mol. The fourth-order valence-electron chi connectivity index (χ4n) is 2.62. The van der Waals surface area contributed by atoms with Crippen LogP contribution in [0.15, 0.2) is 59.4 Å². The summed E-state index contributed by atoms with van der Waals surface area (Å²) in [7, 11) is 0. The molecule has 26 heavy (non-hydrogen) atoms. The molecular weight excluding hydrogens is 332 g/mol. The molecule has 1 aromatic heterocycles. The van der Waals surface area contributed by atoms with Gasteiger partial charge in [-0.05, 0) is 37.6 Å². The Kier molecular flexibility index (Phi) is 4.84. The van der Waals surface area contributed by atoms with E-state index in [-0.39, 0.29) is 5.56 Å². The number of amides is 1. The van der Waals surface area contributed by atoms with Crippen LogP contribution in [-0.2, 0) is 9.53 Å². The lowest BCUT2D eigenvalue weighted by Crippen LogP contribution is -2.30. The number of hydrogen-bond donors (Lipinski definition) is 2. The van der Waals surface area contributed by atoms with Gasteiger partial charge < -0.3 is 15.0 Å². The van der Waals surface area contributed by atoms with Gasteiger partial charge in [0.25, 0.3) is 5.91 Å². The van der Waals surface area contributed by atoms with Gasteiger partial charge in [-0.2, -0.15) is 0 Å². The highest BCUT2D eigenvalue weighted by Gasteiger charge is 2.21. The number of benzene rings is 2. The number of ether oxygens (including phenoxy) is 1. The molecule has 0 saturated carbocycles. The van der Waals surface area contributed by atoms with E-state index in [0.717, 1.165) is 5.56 Å². The molecule has 0 aliphatic carbocycles. The molecule has 2 aromatic carbocycles. The van der Waals surface area contributed by atoms with E-state index in [4.69, 9.17) is 4.74 Å². The van der Waals surface area contributed by atoms with Gasteiger partial charge in [0, 0.05) is 22.7 Å². The van der Waals surface area contributed by atoms with E-state index in [1.807, 2.05) is 25.1 Å². The number of esters is 1. The third-order valence-corrected chi connectivity index (χ3v) is 3.91. The van der Waals surface area contributed by atoms with Crippen molar-refractivity contribution in [3.05, 3.63) is 76.1 Å². The van der Waals surface area contributed by atoms with Crippen molar-refractivity contribution >= 4 is 28.5 Å². The Labute approximate surface area is 149 Å². The molecule has 1 amide bonds. The van der Waals surface area contributed by atoms with Crippen molar-refractivity contribution in [3.8, 4) is 0 Å². The first kappa shape index (κ1) is 17.4. The molecule has 3 aromatic rings. The summed E-state index contributed by atoms with van der Waals surface area (Å²) in [6.45, 7) is 3.40. The van der Waals surface area contributed by atoms with Crippen molar-refractivity contribution in [2.75, 3.05) is 5.32 Å². The van der Waals surface area contributed by atoms with Crippen LogP contribution in [0.4, 0.5) is 5.69 Å². The van der Waals surface area contributed by atoms with Crippen LogP contribution in [0.25, 0.3) is 10.9 Å². The topological polar surface area (TPSA) is 88.3 Å². The number of carbonyl (C=O) groups excluding carboxylic acids is 2. The highest BCUT2D eigenvalue weighted by atomic mass is 16.5. The fraction of sp³-hybridized carbons (Fsp3) is 0.150. The van der Waals surface area contributed by atoms with Gasteiger partial charge in [0.1, 0.15) is 0 Å². The van der Waals surface area contributed by atoms with Crippen molar-refractivity contribution in [1.82, 2.24) is 4.98 Å². The lowest BCUT2D eigenvalue weighted by atomic mass is 10.1. The minimum Gasteiger partial charge on any atom is -0.449 e. The van der Waals surface area contributed by atoms with Gasteiger partial charge in [-0.25, -0.2) is 4.79 Å². The highest BCUT2D eigenvalue weighted by Crippen LogP contribution is 2.17. The maximum absolute atomic E-state index is 12.5. The van der Waals surface area contributed by atoms with Crippen LogP contribution in [0.1, 0.15) is 22.8 Å². The molecule has 0 bridgehead atoms. The van der Waals surface area contributed by atoms with Crippen molar-refractivity contribution in [2.24, 2.45) is 0 Å². The third kappa shape index (κ3) is 3.80. The Morgan fingerprint density at radius 1 is 1.08 bits per heavy atom. The minimum absolute atomic E-state index is 0.125. The SMILES string of the molecule is Cc1cccc(NC(=O)[C@@H](C)OC(=O)c2cc(=O)[nH]c3ccccc23)c1. The Bertz CT molecular complexity index is 1040. The van der Waals surface area contributed by atoms with Gasteiger partial charge in [0.05, 0.1) is 5.56 Å². The van der Waals surface area contributed by atoms with Gasteiger partial charge in [-0.15, -0.1) is 0 Å². The smallest absolute Gasteiger partial charge is 0.339 e. The number of H-pyrrole nitrogens is 1. The first-order chi connectivity index (χ1) is 12.4. The highest BCUT2D eigenvalue weighted by molar-refractivity contribution is 6.04. The normalized spacial score (nSPS) is 11.8. The van der Waals surface area contributed by atoms with Crippen LogP contribution in [0.2, 0.25) is 0 Å². The molecule has 6 nitrogen and oxygen atoms in total. The number of nitrogens with one attached hydrogen (secondary N) is 2. The molecule has 0 aliphatic rings. The standard InChI is InChI=1S/C20H18N2O4/c1-12-6-5-7-14(10-12)21-19(24)13(2)26-20(25)16-11-18(23)22-17-9-4-3-8-15(16)17/h3-11,13H,1-2H3,(H,21,24)(H,22,23)/t13-/m1/s1. The summed E-state index contributed by atoms with van der Waals surface area (Å²) >= 11 is 0. The van der Waals surface area contributed by atoms with E-state index in [0.29, 0.717) is 16.6 Å². The molecule has 2 N–H and O–H groups in total. The molecule has 132 valence electrons. The zero-order valence-electron chi connectivity index (χ0n) is 14.4. The van der Waals surface area contributed by atoms with Gasteiger partial charge in [-0.3, -0.25) is 9.59 Å². The summed E-state index contributed by atoms with van der Waals surface area (Å²) in [6, 6.07) is 15.4. The van der Waals surface area contributed by atoms with Crippen LogP contribution in [0.3, 0.4) is 0 Å². The summed E-state index contributed by atoms with van der Waals surface area (Å²) in [5.74, 6) is -1.17. The van der Waals surface area contributed by atoms with Crippen LogP contribution in [-0.4, -0.2) is 23.0 Å². The monoisotopic (exact) mass is 350 g/mol. The van der Waals surface area contributed by atoms with E-state index >= 15 is 0 Å². The summed E-state index contributed by atoms with van der Waals surface area (Å²) in [6.07, 6.45) is -1.01. The second kappa shape index (κ2) is 7.23. The molecule has 0 spiro atoms. The number of aromatic amines is 1. The van der Waals surface area contributed by atoms with Crippen molar-refractivity contribution in [3.63, 3.8) is 0 Å². The maximum atomic E-state index is 12.5. The van der Waals surface area contributed by atoms with E-state index in [1.54, 1.807) is 30.3 Å². The lowest BCUT2D eigenvalue weighted by Gasteiger charge is -2.14. The Morgan fingerprint density at radius 2 is 1.85 bits per heavy atom.